The van der Waals surface area contributed by atoms with E-state index in [0.717, 1.165) is 3.57 Å². The van der Waals surface area contributed by atoms with Crippen molar-refractivity contribution in [3.63, 3.8) is 0 Å². The van der Waals surface area contributed by atoms with Crippen molar-refractivity contribution in [1.29, 1.82) is 0 Å². The van der Waals surface area contributed by atoms with E-state index >= 15 is 0 Å². The second-order valence-electron chi connectivity index (χ2n) is 8.35. The number of fused-ring (bicyclic) bond motifs is 1. The number of hydrogen-bond acceptors (Lipinski definition) is 8. The lowest BCUT2D eigenvalue weighted by molar-refractivity contribution is -0.157. The Hall–Kier alpha value is -1.94. The molecule has 4 rings (SSSR count). The number of carbonyl (C=O) groups is 3. The van der Waals surface area contributed by atoms with E-state index in [1.165, 1.54) is 0 Å². The fourth-order valence-electron chi connectivity index (χ4n) is 4.94. The van der Waals surface area contributed by atoms with Crippen LogP contribution in [0.15, 0.2) is 24.3 Å². The molecule has 2 aliphatic carbocycles. The van der Waals surface area contributed by atoms with Gasteiger partial charge in [0.05, 0.1) is 24.0 Å². The highest BCUT2D eigenvalue weighted by molar-refractivity contribution is 14.1. The van der Waals surface area contributed by atoms with Crippen LogP contribution in [-0.2, 0) is 33.9 Å². The Bertz CT molecular complexity index is 1110. The molecule has 34 heavy (non-hydrogen) atoms. The maximum Gasteiger partial charge on any atom is 0.400 e. The van der Waals surface area contributed by atoms with Crippen LogP contribution in [-0.4, -0.2) is 61.1 Å². The Morgan fingerprint density at radius 3 is 2.50 bits per heavy atom. The topological polar surface area (TPSA) is 133 Å². The van der Waals surface area contributed by atoms with Gasteiger partial charge < -0.3 is 14.2 Å². The third-order valence-corrected chi connectivity index (χ3v) is 8.13. The van der Waals surface area contributed by atoms with Crippen LogP contribution in [0.2, 0.25) is 0 Å². The standard InChI is InChI=1S/C20H18F3IO9S/c21-12(20(22,23)34(28,29)30)5-6-31-18(26)13-10-7-11-14(13)19(27)33-16(11)15(10)32-17(25)8-1-3-9(24)4-2-8/h1-4,10-16H,5-7H2,(H,28,29,30). The molecule has 1 N–H and O–H groups in total. The summed E-state index contributed by atoms with van der Waals surface area (Å²) in [5, 5.41) is -5.07. The average Bonchev–Trinajstić information content (AvgIpc) is 3.37. The second kappa shape index (κ2) is 8.93. The van der Waals surface area contributed by atoms with Crippen molar-refractivity contribution in [3.05, 3.63) is 33.4 Å². The van der Waals surface area contributed by atoms with Gasteiger partial charge in [-0.2, -0.15) is 17.2 Å². The molecule has 9 nitrogen and oxygen atoms in total. The van der Waals surface area contributed by atoms with Crippen LogP contribution >= 0.6 is 22.6 Å². The maximum absolute atomic E-state index is 13.6. The molecule has 1 heterocycles. The summed E-state index contributed by atoms with van der Waals surface area (Å²) in [4.78, 5) is 37.6. The fraction of sp³-hybridized carbons (Fsp3) is 0.550. The summed E-state index contributed by atoms with van der Waals surface area (Å²) in [7, 11) is -5.99. The van der Waals surface area contributed by atoms with Gasteiger partial charge in [-0.05, 0) is 53.3 Å². The number of alkyl halides is 3. The molecule has 0 aromatic heterocycles. The van der Waals surface area contributed by atoms with Crippen LogP contribution in [0, 0.1) is 27.2 Å². The molecule has 7 atom stereocenters. The van der Waals surface area contributed by atoms with E-state index in [1.54, 1.807) is 24.3 Å². The zero-order valence-corrected chi connectivity index (χ0v) is 20.1. The molecule has 2 bridgehead atoms. The molecule has 1 aliphatic heterocycles. The van der Waals surface area contributed by atoms with Crippen LogP contribution in [0.3, 0.4) is 0 Å². The summed E-state index contributed by atoms with van der Waals surface area (Å²) in [6.07, 6.45) is -5.84. The molecule has 1 saturated heterocycles. The summed E-state index contributed by atoms with van der Waals surface area (Å²) < 4.78 is 86.6. The Morgan fingerprint density at radius 2 is 1.88 bits per heavy atom. The molecule has 0 amide bonds. The number of hydrogen-bond donors (Lipinski definition) is 1. The average molecular weight is 618 g/mol. The van der Waals surface area contributed by atoms with E-state index in [9.17, 15) is 36.0 Å². The Kier molecular flexibility index (Phi) is 6.61. The molecule has 7 unspecified atom stereocenters. The van der Waals surface area contributed by atoms with E-state index in [-0.39, 0.29) is 5.56 Å². The van der Waals surface area contributed by atoms with Crippen LogP contribution in [0.4, 0.5) is 13.2 Å². The van der Waals surface area contributed by atoms with Crippen LogP contribution < -0.4 is 0 Å². The van der Waals surface area contributed by atoms with Gasteiger partial charge in [-0.3, -0.25) is 14.1 Å². The first kappa shape index (κ1) is 25.2. The molecule has 3 aliphatic rings. The first-order chi connectivity index (χ1) is 15.8. The highest BCUT2D eigenvalue weighted by atomic mass is 127. The van der Waals surface area contributed by atoms with Crippen molar-refractivity contribution in [2.75, 3.05) is 6.61 Å². The Labute approximate surface area is 205 Å². The number of benzene rings is 1. The SMILES string of the molecule is O=C(OC1C2CC3C1OC(=O)C3C2C(=O)OCCC(F)C(F)(F)S(=O)(=O)O)c1ccc(I)cc1. The van der Waals surface area contributed by atoms with E-state index < -0.39 is 88.4 Å². The lowest BCUT2D eigenvalue weighted by atomic mass is 9.78. The minimum Gasteiger partial charge on any atom is -0.465 e. The molecule has 186 valence electrons. The summed E-state index contributed by atoms with van der Waals surface area (Å²) >= 11 is 2.07. The number of carbonyl (C=O) groups excluding carboxylic acids is 3. The Morgan fingerprint density at radius 1 is 1.24 bits per heavy atom. The smallest absolute Gasteiger partial charge is 0.400 e. The number of rotatable bonds is 8. The molecule has 1 aromatic rings. The first-order valence-corrected chi connectivity index (χ1v) is 12.7. The van der Waals surface area contributed by atoms with Crippen molar-refractivity contribution in [3.8, 4) is 0 Å². The van der Waals surface area contributed by atoms with Crippen LogP contribution in [0.5, 0.6) is 0 Å². The van der Waals surface area contributed by atoms with Gasteiger partial charge in [0.15, 0.2) is 6.17 Å². The van der Waals surface area contributed by atoms with Gasteiger partial charge >= 0.3 is 33.3 Å². The van der Waals surface area contributed by atoms with Crippen LogP contribution in [0.25, 0.3) is 0 Å². The quantitative estimate of drug-likeness (QED) is 0.202. The second-order valence-corrected chi connectivity index (χ2v) is 11.1. The zero-order chi connectivity index (χ0) is 25.0. The lowest BCUT2D eigenvalue weighted by Crippen LogP contribution is -2.44. The molecule has 3 fully saturated rings. The zero-order valence-electron chi connectivity index (χ0n) is 17.1. The molecule has 2 saturated carbocycles. The normalized spacial score (nSPS) is 30.7. The van der Waals surface area contributed by atoms with Gasteiger partial charge in [0.1, 0.15) is 12.2 Å². The highest BCUT2D eigenvalue weighted by Crippen LogP contribution is 2.59. The third-order valence-electron chi connectivity index (χ3n) is 6.47. The van der Waals surface area contributed by atoms with Gasteiger partial charge in [-0.15, -0.1) is 0 Å². The number of ether oxygens (including phenoxy) is 3. The van der Waals surface area contributed by atoms with Crippen LogP contribution in [0.1, 0.15) is 23.2 Å². The lowest BCUT2D eigenvalue weighted by Gasteiger charge is -2.30. The van der Waals surface area contributed by atoms with Gasteiger partial charge in [0.25, 0.3) is 0 Å². The van der Waals surface area contributed by atoms with Crippen molar-refractivity contribution in [2.45, 2.75) is 36.5 Å². The molecular formula is C20H18F3IO9S. The summed E-state index contributed by atoms with van der Waals surface area (Å²) in [5.74, 6) is -5.33. The van der Waals surface area contributed by atoms with Crippen molar-refractivity contribution in [2.24, 2.45) is 23.7 Å². The van der Waals surface area contributed by atoms with Crippen molar-refractivity contribution < 1.29 is 54.7 Å². The van der Waals surface area contributed by atoms with Gasteiger partial charge in [-0.1, -0.05) is 0 Å². The Balaban J connectivity index is 1.42. The van der Waals surface area contributed by atoms with Crippen molar-refractivity contribution >= 4 is 50.6 Å². The van der Waals surface area contributed by atoms with Gasteiger partial charge in [0.2, 0.25) is 0 Å². The van der Waals surface area contributed by atoms with Gasteiger partial charge in [0, 0.05) is 21.8 Å². The molecule has 0 spiro atoms. The summed E-state index contributed by atoms with van der Waals surface area (Å²) in [6, 6.07) is 6.52. The van der Waals surface area contributed by atoms with Crippen molar-refractivity contribution in [1.82, 2.24) is 0 Å². The minimum absolute atomic E-state index is 0.261. The predicted molar refractivity (Wildman–Crippen MR) is 114 cm³/mol. The van der Waals surface area contributed by atoms with E-state index in [2.05, 4.69) is 22.6 Å². The van der Waals surface area contributed by atoms with E-state index in [1.807, 2.05) is 0 Å². The molecular weight excluding hydrogens is 600 g/mol. The number of halogens is 4. The highest BCUT2D eigenvalue weighted by Gasteiger charge is 2.70. The van der Waals surface area contributed by atoms with Gasteiger partial charge in [-0.25, -0.2) is 9.18 Å². The summed E-state index contributed by atoms with van der Waals surface area (Å²) in [6.45, 7) is -0.919. The molecule has 0 radical (unpaired) electrons. The minimum atomic E-state index is -5.99. The number of esters is 3. The monoisotopic (exact) mass is 618 g/mol. The van der Waals surface area contributed by atoms with E-state index in [4.69, 9.17) is 18.8 Å². The molecule has 14 heteroatoms. The maximum atomic E-state index is 13.6. The van der Waals surface area contributed by atoms with E-state index in [0.29, 0.717) is 6.42 Å². The predicted octanol–water partition coefficient (Wildman–Crippen LogP) is 2.38. The molecule has 1 aromatic carbocycles. The first-order valence-electron chi connectivity index (χ1n) is 10.2. The largest absolute Gasteiger partial charge is 0.465 e. The fourth-order valence-corrected chi connectivity index (χ4v) is 5.74. The summed E-state index contributed by atoms with van der Waals surface area (Å²) in [5.41, 5.74) is 0.261. The third kappa shape index (κ3) is 4.27.